The first-order valence-corrected chi connectivity index (χ1v) is 5.83. The molecule has 1 aromatic heterocycles. The molecule has 0 aromatic carbocycles. The molecule has 6 nitrogen and oxygen atoms in total. The fourth-order valence-corrected chi connectivity index (χ4v) is 2.27. The van der Waals surface area contributed by atoms with Crippen LogP contribution in [-0.2, 0) is 4.74 Å². The van der Waals surface area contributed by atoms with Crippen LogP contribution in [0, 0.1) is 0 Å². The lowest BCUT2D eigenvalue weighted by Crippen LogP contribution is -2.41. The Kier molecular flexibility index (Phi) is 3.45. The number of nitrogens with zero attached hydrogens (tertiary/aromatic N) is 3. The van der Waals surface area contributed by atoms with Crippen molar-refractivity contribution in [2.24, 2.45) is 0 Å². The van der Waals surface area contributed by atoms with Crippen molar-refractivity contribution in [3.63, 3.8) is 0 Å². The van der Waals surface area contributed by atoms with Crippen LogP contribution in [0.4, 0.5) is 5.95 Å². The van der Waals surface area contributed by atoms with Crippen LogP contribution >= 0.6 is 11.8 Å². The van der Waals surface area contributed by atoms with Gasteiger partial charge in [-0.3, -0.25) is 0 Å². The predicted molar refractivity (Wildman–Crippen MR) is 58.8 cm³/mol. The Morgan fingerprint density at radius 2 is 2.60 bits per heavy atom. The molecule has 1 atom stereocenters. The quantitative estimate of drug-likeness (QED) is 0.699. The van der Waals surface area contributed by atoms with Gasteiger partial charge in [0.2, 0.25) is 11.1 Å². The molecule has 0 spiro atoms. The molecule has 1 aliphatic rings. The first-order valence-electron chi connectivity index (χ1n) is 4.85. The number of H-pyrrole nitrogens is 1. The third-order valence-corrected chi connectivity index (χ3v) is 3.20. The van der Waals surface area contributed by atoms with E-state index in [1.54, 1.807) is 11.8 Å². The van der Waals surface area contributed by atoms with E-state index in [1.165, 1.54) is 0 Å². The number of hydrogen-bond donors (Lipinski definition) is 2. The number of ether oxygens (including phenoxy) is 1. The van der Waals surface area contributed by atoms with Crippen molar-refractivity contribution < 1.29 is 4.74 Å². The van der Waals surface area contributed by atoms with Crippen molar-refractivity contribution >= 4 is 17.7 Å². The highest BCUT2D eigenvalue weighted by atomic mass is 32.2. The zero-order valence-corrected chi connectivity index (χ0v) is 9.46. The number of nitrogens with one attached hydrogen (secondary N) is 1. The number of aromatic nitrogens is 3. The molecule has 1 unspecified atom stereocenters. The second-order valence-corrected chi connectivity index (χ2v) is 4.56. The van der Waals surface area contributed by atoms with Gasteiger partial charge in [-0.05, 0) is 7.05 Å². The average molecular weight is 229 g/mol. The first-order chi connectivity index (χ1) is 7.24. The van der Waals surface area contributed by atoms with Crippen LogP contribution in [0.5, 0.6) is 0 Å². The van der Waals surface area contributed by atoms with E-state index in [0.29, 0.717) is 11.1 Å². The van der Waals surface area contributed by atoms with Gasteiger partial charge in [-0.25, -0.2) is 5.10 Å². The lowest BCUT2D eigenvalue weighted by Gasteiger charge is -2.29. The zero-order valence-electron chi connectivity index (χ0n) is 8.64. The third-order valence-electron chi connectivity index (χ3n) is 2.22. The lowest BCUT2D eigenvalue weighted by molar-refractivity contribution is -0.00600. The van der Waals surface area contributed by atoms with Gasteiger partial charge in [0, 0.05) is 18.8 Å². The van der Waals surface area contributed by atoms with Crippen LogP contribution in [0.3, 0.4) is 0 Å². The Morgan fingerprint density at radius 3 is 3.27 bits per heavy atom. The van der Waals surface area contributed by atoms with Gasteiger partial charge in [0.25, 0.3) is 0 Å². The van der Waals surface area contributed by atoms with Gasteiger partial charge in [-0.2, -0.15) is 4.98 Å². The van der Waals surface area contributed by atoms with Crippen LogP contribution in [0.1, 0.15) is 0 Å². The Hall–Kier alpha value is -0.790. The summed E-state index contributed by atoms with van der Waals surface area (Å²) in [4.78, 5) is 6.28. The molecular formula is C8H15N5OS. The highest BCUT2D eigenvalue weighted by Gasteiger charge is 2.18. The van der Waals surface area contributed by atoms with Crippen molar-refractivity contribution in [2.75, 3.05) is 38.2 Å². The molecule has 0 aliphatic carbocycles. The van der Waals surface area contributed by atoms with Gasteiger partial charge < -0.3 is 15.4 Å². The molecular weight excluding hydrogens is 214 g/mol. The van der Waals surface area contributed by atoms with Gasteiger partial charge in [-0.1, -0.05) is 11.8 Å². The predicted octanol–water partition coefficient (Wildman–Crippen LogP) is -0.190. The minimum absolute atomic E-state index is 0.258. The van der Waals surface area contributed by atoms with Crippen LogP contribution in [0.2, 0.25) is 0 Å². The molecule has 0 bridgehead atoms. The summed E-state index contributed by atoms with van der Waals surface area (Å²) in [6, 6.07) is 0. The van der Waals surface area contributed by atoms with Gasteiger partial charge in [0.15, 0.2) is 0 Å². The van der Waals surface area contributed by atoms with E-state index in [0.717, 1.165) is 25.4 Å². The Labute approximate surface area is 92.6 Å². The number of thioether (sulfide) groups is 1. The Balaban J connectivity index is 1.77. The minimum atomic E-state index is 0.258. The maximum absolute atomic E-state index is 5.62. The van der Waals surface area contributed by atoms with E-state index in [2.05, 4.69) is 27.1 Å². The number of hydrogen-bond acceptors (Lipinski definition) is 6. The fraction of sp³-hybridized carbons (Fsp3) is 0.750. The van der Waals surface area contributed by atoms with Crippen LogP contribution in [-0.4, -0.2) is 58.7 Å². The molecule has 2 rings (SSSR count). The number of nitrogens with two attached hydrogens (primary N) is 1. The second kappa shape index (κ2) is 4.82. The molecule has 0 radical (unpaired) electrons. The number of likely N-dealkylation sites (N-methyl/N-ethyl adjacent to an activating group) is 1. The van der Waals surface area contributed by atoms with Gasteiger partial charge >= 0.3 is 0 Å². The molecule has 1 aromatic rings. The minimum Gasteiger partial charge on any atom is -0.375 e. The average Bonchev–Trinajstić information content (AvgIpc) is 2.62. The molecule has 7 heteroatoms. The van der Waals surface area contributed by atoms with Crippen molar-refractivity contribution in [1.82, 2.24) is 20.1 Å². The molecule has 1 fully saturated rings. The molecule has 0 amide bonds. The number of nitrogen functional groups attached to an aromatic ring is 1. The third kappa shape index (κ3) is 3.08. The van der Waals surface area contributed by atoms with Crippen LogP contribution < -0.4 is 5.73 Å². The molecule has 1 aliphatic heterocycles. The summed E-state index contributed by atoms with van der Waals surface area (Å²) in [5, 5.41) is 7.25. The summed E-state index contributed by atoms with van der Waals surface area (Å²) in [5.74, 6) is 1.22. The summed E-state index contributed by atoms with van der Waals surface area (Å²) >= 11 is 1.56. The molecule has 15 heavy (non-hydrogen) atoms. The van der Waals surface area contributed by atoms with Crippen molar-refractivity contribution in [1.29, 1.82) is 0 Å². The number of aromatic amines is 1. The summed E-state index contributed by atoms with van der Waals surface area (Å²) < 4.78 is 5.62. The molecule has 3 N–H and O–H groups in total. The van der Waals surface area contributed by atoms with Crippen LogP contribution in [0.15, 0.2) is 5.16 Å². The van der Waals surface area contributed by atoms with Gasteiger partial charge in [0.1, 0.15) is 0 Å². The van der Waals surface area contributed by atoms with E-state index < -0.39 is 0 Å². The topological polar surface area (TPSA) is 80.1 Å². The van der Waals surface area contributed by atoms with Crippen molar-refractivity contribution in [3.8, 4) is 0 Å². The summed E-state index contributed by atoms with van der Waals surface area (Å²) in [5.41, 5.74) is 5.43. The van der Waals surface area contributed by atoms with Gasteiger partial charge in [-0.15, -0.1) is 5.10 Å². The maximum Gasteiger partial charge on any atom is 0.216 e. The summed E-state index contributed by atoms with van der Waals surface area (Å²) in [7, 11) is 2.10. The Bertz CT molecular complexity index is 318. The number of morpholine rings is 1. The lowest BCUT2D eigenvalue weighted by atomic mass is 10.3. The molecule has 0 saturated carbocycles. The monoisotopic (exact) mass is 229 g/mol. The fourth-order valence-electron chi connectivity index (χ4n) is 1.46. The maximum atomic E-state index is 5.62. The van der Waals surface area contributed by atoms with Crippen molar-refractivity contribution in [3.05, 3.63) is 0 Å². The standard InChI is InChI=1S/C8H15N5OS/c1-13-2-3-14-6(4-13)5-15-8-10-7(9)11-12-8/h6H,2-5H2,1H3,(H3,9,10,11,12). The van der Waals surface area contributed by atoms with E-state index in [4.69, 9.17) is 10.5 Å². The van der Waals surface area contributed by atoms with E-state index >= 15 is 0 Å². The summed E-state index contributed by atoms with van der Waals surface area (Å²) in [6.45, 7) is 2.78. The first kappa shape index (κ1) is 10.7. The largest absolute Gasteiger partial charge is 0.375 e. The number of anilines is 1. The molecule has 84 valence electrons. The second-order valence-electron chi connectivity index (χ2n) is 3.57. The molecule has 1 saturated heterocycles. The Morgan fingerprint density at radius 1 is 1.73 bits per heavy atom. The SMILES string of the molecule is CN1CCOC(CSc2n[nH]c(N)n2)C1. The highest BCUT2D eigenvalue weighted by molar-refractivity contribution is 7.99. The highest BCUT2D eigenvalue weighted by Crippen LogP contribution is 2.17. The normalized spacial score (nSPS) is 23.1. The van der Waals surface area contributed by atoms with Crippen molar-refractivity contribution in [2.45, 2.75) is 11.3 Å². The smallest absolute Gasteiger partial charge is 0.216 e. The van der Waals surface area contributed by atoms with E-state index in [-0.39, 0.29) is 6.10 Å². The van der Waals surface area contributed by atoms with E-state index in [1.807, 2.05) is 0 Å². The zero-order chi connectivity index (χ0) is 10.7. The van der Waals surface area contributed by atoms with E-state index in [9.17, 15) is 0 Å². The summed E-state index contributed by atoms with van der Waals surface area (Å²) in [6.07, 6.45) is 0.258. The van der Waals surface area contributed by atoms with Gasteiger partial charge in [0.05, 0.1) is 12.7 Å². The molecule has 2 heterocycles. The number of rotatable bonds is 3. The van der Waals surface area contributed by atoms with Crippen LogP contribution in [0.25, 0.3) is 0 Å².